The number of hydrogen-bond donors (Lipinski definition) is 0. The van der Waals surface area contributed by atoms with Crippen LogP contribution in [0.15, 0.2) is 23.8 Å². The van der Waals surface area contributed by atoms with Crippen LogP contribution in [0.5, 0.6) is 11.5 Å². The molecule has 0 radical (unpaired) electrons. The van der Waals surface area contributed by atoms with Crippen molar-refractivity contribution in [1.82, 2.24) is 9.80 Å². The van der Waals surface area contributed by atoms with Crippen LogP contribution in [0.1, 0.15) is 12.5 Å². The van der Waals surface area contributed by atoms with E-state index < -0.39 is 11.8 Å². The lowest BCUT2D eigenvalue weighted by Gasteiger charge is -2.31. The Morgan fingerprint density at radius 3 is 2.26 bits per heavy atom. The van der Waals surface area contributed by atoms with Gasteiger partial charge in [0.15, 0.2) is 16.6 Å². The third kappa shape index (κ3) is 3.19. The fourth-order valence-corrected chi connectivity index (χ4v) is 2.36. The molecular formula is C16H18N2O4S. The molecule has 0 unspecified atom stereocenters. The van der Waals surface area contributed by atoms with Crippen LogP contribution in [0, 0.1) is 0 Å². The molecule has 1 saturated heterocycles. The Kier molecular flexibility index (Phi) is 5.00. The zero-order valence-corrected chi connectivity index (χ0v) is 14.3. The number of hydrogen-bond acceptors (Lipinski definition) is 5. The number of nitrogens with zero attached hydrogens (tertiary/aromatic N) is 2. The molecule has 0 bridgehead atoms. The molecule has 0 N–H and O–H groups in total. The first-order valence-electron chi connectivity index (χ1n) is 7.03. The molecule has 0 aromatic heterocycles. The Hall–Kier alpha value is -2.41. The van der Waals surface area contributed by atoms with Gasteiger partial charge in [-0.15, -0.1) is 0 Å². The van der Waals surface area contributed by atoms with Crippen molar-refractivity contribution < 1.29 is 19.1 Å². The van der Waals surface area contributed by atoms with E-state index in [-0.39, 0.29) is 10.7 Å². The average molecular weight is 334 g/mol. The number of carbonyl (C=O) groups excluding carboxylic acids is 2. The first-order valence-corrected chi connectivity index (χ1v) is 7.44. The van der Waals surface area contributed by atoms with Crippen molar-refractivity contribution in [2.45, 2.75) is 6.92 Å². The quantitative estimate of drug-likeness (QED) is 0.476. The molecule has 7 heteroatoms. The summed E-state index contributed by atoms with van der Waals surface area (Å²) in [5, 5.41) is 0.182. The summed E-state index contributed by atoms with van der Waals surface area (Å²) >= 11 is 5.06. The summed E-state index contributed by atoms with van der Waals surface area (Å²) in [5.74, 6) is 0.293. The number of benzene rings is 1. The highest BCUT2D eigenvalue weighted by Gasteiger charge is 2.35. The Labute approximate surface area is 140 Å². The highest BCUT2D eigenvalue weighted by atomic mass is 32.1. The van der Waals surface area contributed by atoms with Crippen molar-refractivity contribution in [1.29, 1.82) is 0 Å². The van der Waals surface area contributed by atoms with E-state index in [0.717, 1.165) is 0 Å². The van der Waals surface area contributed by atoms with Gasteiger partial charge in [-0.3, -0.25) is 19.4 Å². The van der Waals surface area contributed by atoms with Crippen LogP contribution >= 0.6 is 12.2 Å². The minimum absolute atomic E-state index is 0.0521. The summed E-state index contributed by atoms with van der Waals surface area (Å²) in [5.41, 5.74) is 0.719. The fraction of sp³-hybridized carbons (Fsp3) is 0.312. The molecule has 2 amide bonds. The van der Waals surface area contributed by atoms with Crippen LogP contribution < -0.4 is 9.47 Å². The molecular weight excluding hydrogens is 316 g/mol. The zero-order chi connectivity index (χ0) is 17.1. The molecule has 23 heavy (non-hydrogen) atoms. The lowest BCUT2D eigenvalue weighted by Crippen LogP contribution is -2.52. The SMILES string of the molecule is CCOc1cc(C=C2C(=O)N(C)C(=S)N(C)C2=O)ccc1OC. The van der Waals surface area contributed by atoms with Crippen LogP contribution in [-0.4, -0.2) is 54.5 Å². The van der Waals surface area contributed by atoms with Gasteiger partial charge in [-0.25, -0.2) is 0 Å². The first kappa shape index (κ1) is 17.0. The smallest absolute Gasteiger partial charge is 0.265 e. The molecule has 1 aromatic carbocycles. The van der Waals surface area contributed by atoms with Gasteiger partial charge in [-0.1, -0.05) is 6.07 Å². The number of likely N-dealkylation sites (N-methyl/N-ethyl adjacent to an activating group) is 2. The second kappa shape index (κ2) is 6.78. The normalized spacial score (nSPS) is 15.1. The van der Waals surface area contributed by atoms with E-state index in [1.165, 1.54) is 15.9 Å². The second-order valence-electron chi connectivity index (χ2n) is 4.91. The molecule has 1 aromatic rings. The van der Waals surface area contributed by atoms with Crippen molar-refractivity contribution in [3.63, 3.8) is 0 Å². The van der Waals surface area contributed by atoms with Gasteiger partial charge < -0.3 is 9.47 Å². The number of amides is 2. The minimum atomic E-state index is -0.424. The van der Waals surface area contributed by atoms with Crippen LogP contribution in [0.3, 0.4) is 0 Å². The van der Waals surface area contributed by atoms with Crippen molar-refractivity contribution in [3.05, 3.63) is 29.3 Å². The Morgan fingerprint density at radius 2 is 1.74 bits per heavy atom. The van der Waals surface area contributed by atoms with Crippen LogP contribution in [-0.2, 0) is 9.59 Å². The summed E-state index contributed by atoms with van der Waals surface area (Å²) in [6.45, 7) is 2.34. The minimum Gasteiger partial charge on any atom is -0.493 e. The topological polar surface area (TPSA) is 59.1 Å². The van der Waals surface area contributed by atoms with Gasteiger partial charge in [-0.05, 0) is 42.9 Å². The summed E-state index contributed by atoms with van der Waals surface area (Å²) in [6.07, 6.45) is 1.53. The van der Waals surface area contributed by atoms with Gasteiger partial charge in [0.2, 0.25) is 0 Å². The summed E-state index contributed by atoms with van der Waals surface area (Å²) in [6, 6.07) is 5.21. The van der Waals surface area contributed by atoms with E-state index in [0.29, 0.717) is 23.7 Å². The van der Waals surface area contributed by atoms with E-state index in [9.17, 15) is 9.59 Å². The number of thiocarbonyl (C=S) groups is 1. The largest absolute Gasteiger partial charge is 0.493 e. The maximum Gasteiger partial charge on any atom is 0.265 e. The van der Waals surface area contributed by atoms with E-state index in [2.05, 4.69) is 0 Å². The van der Waals surface area contributed by atoms with Gasteiger partial charge in [-0.2, -0.15) is 0 Å². The fourth-order valence-electron chi connectivity index (χ4n) is 2.19. The van der Waals surface area contributed by atoms with Crippen LogP contribution in [0.2, 0.25) is 0 Å². The Balaban J connectivity index is 2.44. The van der Waals surface area contributed by atoms with E-state index in [4.69, 9.17) is 21.7 Å². The maximum absolute atomic E-state index is 12.3. The number of rotatable bonds is 4. The van der Waals surface area contributed by atoms with E-state index in [1.807, 2.05) is 6.92 Å². The average Bonchev–Trinajstić information content (AvgIpc) is 2.56. The van der Waals surface area contributed by atoms with Crippen LogP contribution in [0.4, 0.5) is 0 Å². The monoisotopic (exact) mass is 334 g/mol. The molecule has 1 aliphatic rings. The number of carbonyl (C=O) groups is 2. The van der Waals surface area contributed by atoms with Crippen molar-refractivity contribution in [3.8, 4) is 11.5 Å². The van der Waals surface area contributed by atoms with E-state index in [1.54, 1.807) is 39.4 Å². The number of ether oxygens (including phenoxy) is 2. The van der Waals surface area contributed by atoms with Gasteiger partial charge in [0.25, 0.3) is 11.8 Å². The molecule has 0 spiro atoms. The molecule has 0 atom stereocenters. The Morgan fingerprint density at radius 1 is 1.13 bits per heavy atom. The molecule has 0 aliphatic carbocycles. The van der Waals surface area contributed by atoms with Crippen LogP contribution in [0.25, 0.3) is 6.08 Å². The summed E-state index contributed by atoms with van der Waals surface area (Å²) in [4.78, 5) is 27.1. The second-order valence-corrected chi connectivity index (χ2v) is 5.28. The third-order valence-corrected chi connectivity index (χ3v) is 3.99. The van der Waals surface area contributed by atoms with Crippen molar-refractivity contribution in [2.75, 3.05) is 27.8 Å². The van der Waals surface area contributed by atoms with Gasteiger partial charge in [0.1, 0.15) is 5.57 Å². The summed E-state index contributed by atoms with van der Waals surface area (Å²) in [7, 11) is 4.64. The van der Waals surface area contributed by atoms with Crippen molar-refractivity contribution >= 4 is 35.2 Å². The molecule has 1 aliphatic heterocycles. The first-order chi connectivity index (χ1) is 10.9. The molecule has 2 rings (SSSR count). The van der Waals surface area contributed by atoms with Crippen molar-refractivity contribution in [2.24, 2.45) is 0 Å². The summed E-state index contributed by atoms with van der Waals surface area (Å²) < 4.78 is 10.7. The van der Waals surface area contributed by atoms with Gasteiger partial charge in [0.05, 0.1) is 13.7 Å². The predicted octanol–water partition coefficient (Wildman–Crippen LogP) is 1.69. The highest BCUT2D eigenvalue weighted by molar-refractivity contribution is 7.80. The molecule has 6 nitrogen and oxygen atoms in total. The molecule has 1 fully saturated rings. The standard InChI is InChI=1S/C16H18N2O4S/c1-5-22-13-9-10(6-7-12(13)21-4)8-11-14(19)17(2)16(23)18(3)15(11)20/h6-9H,5H2,1-4H3. The molecule has 0 saturated carbocycles. The van der Waals surface area contributed by atoms with Gasteiger partial charge >= 0.3 is 0 Å². The third-order valence-electron chi connectivity index (χ3n) is 3.44. The molecule has 122 valence electrons. The molecule has 1 heterocycles. The zero-order valence-electron chi connectivity index (χ0n) is 13.5. The lowest BCUT2D eigenvalue weighted by molar-refractivity contribution is -0.132. The number of methoxy groups -OCH3 is 1. The maximum atomic E-state index is 12.3. The lowest BCUT2D eigenvalue weighted by atomic mass is 10.1. The highest BCUT2D eigenvalue weighted by Crippen LogP contribution is 2.29. The van der Waals surface area contributed by atoms with Gasteiger partial charge in [0, 0.05) is 14.1 Å². The van der Waals surface area contributed by atoms with E-state index >= 15 is 0 Å². The predicted molar refractivity (Wildman–Crippen MR) is 90.3 cm³/mol. The Bertz CT molecular complexity index is 673.